The summed E-state index contributed by atoms with van der Waals surface area (Å²) in [6, 6.07) is 15.7. The summed E-state index contributed by atoms with van der Waals surface area (Å²) in [5.41, 5.74) is 3.91. The topological polar surface area (TPSA) is 46.9 Å². The van der Waals surface area contributed by atoms with Gasteiger partial charge in [0.2, 0.25) is 5.91 Å². The van der Waals surface area contributed by atoms with Crippen LogP contribution in [0.25, 0.3) is 11.0 Å². The van der Waals surface area contributed by atoms with E-state index >= 15 is 0 Å². The van der Waals surface area contributed by atoms with Gasteiger partial charge in [-0.05, 0) is 31.2 Å². The fourth-order valence-corrected chi connectivity index (χ4v) is 2.68. The summed E-state index contributed by atoms with van der Waals surface area (Å²) < 4.78 is 2.00. The minimum Gasteiger partial charge on any atom is -0.325 e. The molecule has 0 saturated heterocycles. The van der Waals surface area contributed by atoms with Gasteiger partial charge in [0.1, 0.15) is 12.4 Å². The van der Waals surface area contributed by atoms with Crippen LogP contribution in [-0.2, 0) is 11.3 Å². The van der Waals surface area contributed by atoms with Gasteiger partial charge in [-0.1, -0.05) is 43.7 Å². The van der Waals surface area contributed by atoms with E-state index in [-0.39, 0.29) is 18.4 Å². The standard InChI is InChI=1S/C19H21N3O/c1-13(2)19-21-16-6-4-5-7-17(16)22(19)12-18(23)20-15-10-8-14(3)9-11-15/h4-11,13H,12H2,1-3H3,(H,20,23). The van der Waals surface area contributed by atoms with Gasteiger partial charge in [0.25, 0.3) is 0 Å². The Morgan fingerprint density at radius 1 is 1.13 bits per heavy atom. The molecule has 4 nitrogen and oxygen atoms in total. The molecule has 23 heavy (non-hydrogen) atoms. The van der Waals surface area contributed by atoms with Crippen LogP contribution >= 0.6 is 0 Å². The van der Waals surface area contributed by atoms with Crippen molar-refractivity contribution in [2.75, 3.05) is 5.32 Å². The zero-order valence-corrected chi connectivity index (χ0v) is 13.7. The number of carbonyl (C=O) groups is 1. The Kier molecular flexibility index (Phi) is 4.15. The average Bonchev–Trinajstić information content (AvgIpc) is 2.89. The number of carbonyl (C=O) groups excluding carboxylic acids is 1. The molecule has 118 valence electrons. The van der Waals surface area contributed by atoms with Crippen LogP contribution in [0.5, 0.6) is 0 Å². The fraction of sp³-hybridized carbons (Fsp3) is 0.263. The van der Waals surface area contributed by atoms with E-state index < -0.39 is 0 Å². The van der Waals surface area contributed by atoms with Gasteiger partial charge < -0.3 is 9.88 Å². The van der Waals surface area contributed by atoms with Gasteiger partial charge >= 0.3 is 0 Å². The summed E-state index contributed by atoms with van der Waals surface area (Å²) in [5, 5.41) is 2.95. The summed E-state index contributed by atoms with van der Waals surface area (Å²) in [6.45, 7) is 6.48. The average molecular weight is 307 g/mol. The number of fused-ring (bicyclic) bond motifs is 1. The van der Waals surface area contributed by atoms with Crippen molar-refractivity contribution in [1.82, 2.24) is 9.55 Å². The second kappa shape index (κ2) is 6.24. The number of nitrogens with one attached hydrogen (secondary N) is 1. The number of para-hydroxylation sites is 2. The summed E-state index contributed by atoms with van der Waals surface area (Å²) in [7, 11) is 0. The van der Waals surface area contributed by atoms with Crippen LogP contribution in [0.3, 0.4) is 0 Å². The Morgan fingerprint density at radius 2 is 1.83 bits per heavy atom. The van der Waals surface area contributed by atoms with Crippen molar-refractivity contribution in [3.8, 4) is 0 Å². The second-order valence-electron chi connectivity index (χ2n) is 6.11. The van der Waals surface area contributed by atoms with Crippen molar-refractivity contribution in [3.63, 3.8) is 0 Å². The molecule has 1 heterocycles. The number of benzene rings is 2. The van der Waals surface area contributed by atoms with E-state index in [1.54, 1.807) is 0 Å². The van der Waals surface area contributed by atoms with Gasteiger partial charge in [0, 0.05) is 11.6 Å². The third kappa shape index (κ3) is 3.26. The van der Waals surface area contributed by atoms with Crippen molar-refractivity contribution < 1.29 is 4.79 Å². The monoisotopic (exact) mass is 307 g/mol. The number of anilines is 1. The van der Waals surface area contributed by atoms with E-state index in [1.165, 1.54) is 5.56 Å². The summed E-state index contributed by atoms with van der Waals surface area (Å²) in [5.74, 6) is 1.15. The smallest absolute Gasteiger partial charge is 0.244 e. The molecule has 0 aliphatic rings. The first-order chi connectivity index (χ1) is 11.0. The third-order valence-electron chi connectivity index (χ3n) is 3.84. The predicted octanol–water partition coefficient (Wildman–Crippen LogP) is 4.11. The highest BCUT2D eigenvalue weighted by atomic mass is 16.1. The molecular formula is C19H21N3O. The van der Waals surface area contributed by atoms with Crippen LogP contribution in [0, 0.1) is 6.92 Å². The lowest BCUT2D eigenvalue weighted by atomic mass is 10.2. The molecule has 0 radical (unpaired) electrons. The molecule has 3 aromatic rings. The van der Waals surface area contributed by atoms with Gasteiger partial charge in [-0.25, -0.2) is 4.98 Å². The first kappa shape index (κ1) is 15.3. The van der Waals surface area contributed by atoms with E-state index in [1.807, 2.05) is 60.0 Å². The van der Waals surface area contributed by atoms with Crippen LogP contribution in [0.4, 0.5) is 5.69 Å². The van der Waals surface area contributed by atoms with E-state index in [0.717, 1.165) is 22.5 Å². The van der Waals surface area contributed by atoms with Crippen molar-refractivity contribution in [3.05, 3.63) is 59.9 Å². The number of rotatable bonds is 4. The van der Waals surface area contributed by atoms with Crippen LogP contribution in [0.15, 0.2) is 48.5 Å². The molecular weight excluding hydrogens is 286 g/mol. The van der Waals surface area contributed by atoms with Crippen molar-refractivity contribution in [1.29, 1.82) is 0 Å². The fourth-order valence-electron chi connectivity index (χ4n) is 2.68. The van der Waals surface area contributed by atoms with E-state index in [2.05, 4.69) is 24.1 Å². The summed E-state index contributed by atoms with van der Waals surface area (Å²) in [6.07, 6.45) is 0. The van der Waals surface area contributed by atoms with Crippen LogP contribution in [-0.4, -0.2) is 15.5 Å². The maximum Gasteiger partial charge on any atom is 0.244 e. The number of hydrogen-bond acceptors (Lipinski definition) is 2. The molecule has 1 aromatic heterocycles. The number of nitrogens with zero attached hydrogens (tertiary/aromatic N) is 2. The Morgan fingerprint density at radius 3 is 2.52 bits per heavy atom. The summed E-state index contributed by atoms with van der Waals surface area (Å²) in [4.78, 5) is 17.1. The minimum absolute atomic E-state index is 0.0427. The molecule has 0 atom stereocenters. The Hall–Kier alpha value is -2.62. The maximum atomic E-state index is 12.4. The minimum atomic E-state index is -0.0427. The largest absolute Gasteiger partial charge is 0.325 e. The Balaban J connectivity index is 1.86. The lowest BCUT2D eigenvalue weighted by molar-refractivity contribution is -0.116. The zero-order valence-electron chi connectivity index (χ0n) is 13.7. The number of hydrogen-bond donors (Lipinski definition) is 1. The van der Waals surface area contributed by atoms with Gasteiger partial charge in [-0.3, -0.25) is 4.79 Å². The molecule has 0 aliphatic carbocycles. The number of imidazole rings is 1. The molecule has 3 rings (SSSR count). The van der Waals surface area contributed by atoms with Gasteiger partial charge in [-0.2, -0.15) is 0 Å². The van der Waals surface area contributed by atoms with Crippen molar-refractivity contribution in [2.24, 2.45) is 0 Å². The quantitative estimate of drug-likeness (QED) is 0.788. The molecule has 0 bridgehead atoms. The first-order valence-electron chi connectivity index (χ1n) is 7.86. The molecule has 0 spiro atoms. The molecule has 1 amide bonds. The lowest BCUT2D eigenvalue weighted by Gasteiger charge is -2.12. The highest BCUT2D eigenvalue weighted by Gasteiger charge is 2.15. The van der Waals surface area contributed by atoms with Gasteiger partial charge in [0.15, 0.2) is 0 Å². The van der Waals surface area contributed by atoms with Crippen LogP contribution in [0.1, 0.15) is 31.2 Å². The van der Waals surface area contributed by atoms with Crippen LogP contribution < -0.4 is 5.32 Å². The molecule has 4 heteroatoms. The molecule has 0 unspecified atom stereocenters. The molecule has 2 aromatic carbocycles. The lowest BCUT2D eigenvalue weighted by Crippen LogP contribution is -2.20. The Labute approximate surface area is 136 Å². The van der Waals surface area contributed by atoms with E-state index in [4.69, 9.17) is 0 Å². The number of aryl methyl sites for hydroxylation is 1. The first-order valence-corrected chi connectivity index (χ1v) is 7.86. The highest BCUT2D eigenvalue weighted by Crippen LogP contribution is 2.21. The number of aromatic nitrogens is 2. The second-order valence-corrected chi connectivity index (χ2v) is 6.11. The van der Waals surface area contributed by atoms with E-state index in [0.29, 0.717) is 0 Å². The van der Waals surface area contributed by atoms with Crippen LogP contribution in [0.2, 0.25) is 0 Å². The normalized spacial score (nSPS) is 11.1. The number of amides is 1. The maximum absolute atomic E-state index is 12.4. The van der Waals surface area contributed by atoms with Crippen molar-refractivity contribution >= 4 is 22.6 Å². The SMILES string of the molecule is Cc1ccc(NC(=O)Cn2c(C(C)C)nc3ccccc32)cc1. The predicted molar refractivity (Wildman–Crippen MR) is 93.6 cm³/mol. The highest BCUT2D eigenvalue weighted by molar-refractivity contribution is 5.91. The van der Waals surface area contributed by atoms with E-state index in [9.17, 15) is 4.79 Å². The zero-order chi connectivity index (χ0) is 16.4. The van der Waals surface area contributed by atoms with Crippen molar-refractivity contribution in [2.45, 2.75) is 33.2 Å². The van der Waals surface area contributed by atoms with Gasteiger partial charge in [-0.15, -0.1) is 0 Å². The Bertz CT molecular complexity index is 831. The summed E-state index contributed by atoms with van der Waals surface area (Å²) >= 11 is 0. The molecule has 0 aliphatic heterocycles. The third-order valence-corrected chi connectivity index (χ3v) is 3.84. The van der Waals surface area contributed by atoms with Gasteiger partial charge in [0.05, 0.1) is 11.0 Å². The molecule has 0 saturated carbocycles. The molecule has 1 N–H and O–H groups in total. The molecule has 0 fully saturated rings.